The van der Waals surface area contributed by atoms with Gasteiger partial charge in [-0.3, -0.25) is 0 Å². The van der Waals surface area contributed by atoms with Crippen LogP contribution >= 0.6 is 0 Å². The first-order valence-corrected chi connectivity index (χ1v) is 8.16. The van der Waals surface area contributed by atoms with E-state index in [9.17, 15) is 4.21 Å². The van der Waals surface area contributed by atoms with E-state index in [2.05, 4.69) is 21.8 Å². The zero-order valence-electron chi connectivity index (χ0n) is 11.9. The molecule has 21 heavy (non-hydrogen) atoms. The zero-order chi connectivity index (χ0) is 14.7. The van der Waals surface area contributed by atoms with E-state index in [1.54, 1.807) is 0 Å². The molecule has 0 amide bonds. The van der Waals surface area contributed by atoms with Crippen LogP contribution in [0.1, 0.15) is 11.1 Å². The van der Waals surface area contributed by atoms with E-state index in [4.69, 9.17) is 0 Å². The van der Waals surface area contributed by atoms with Crippen molar-refractivity contribution in [3.63, 3.8) is 0 Å². The number of nitrogens with one attached hydrogen (secondary N) is 2. The molecule has 3 rings (SSSR count). The lowest BCUT2D eigenvalue weighted by Crippen LogP contribution is -2.20. The molecule has 0 spiro atoms. The summed E-state index contributed by atoms with van der Waals surface area (Å²) >= 11 is 0. The summed E-state index contributed by atoms with van der Waals surface area (Å²) < 4.78 is 15.2. The molecule has 0 fully saturated rings. The number of aryl methyl sites for hydroxylation is 1. The van der Waals surface area contributed by atoms with Crippen LogP contribution in [-0.4, -0.2) is 15.7 Å². The fraction of sp³-hybridized carbons (Fsp3) is 0.176. The van der Waals surface area contributed by atoms with Crippen LogP contribution in [0.4, 0.5) is 0 Å². The smallest absolute Gasteiger partial charge is 0.124 e. The van der Waals surface area contributed by atoms with Crippen molar-refractivity contribution in [1.82, 2.24) is 9.71 Å². The topological polar surface area (TPSA) is 44.9 Å². The molecule has 3 nitrogen and oxygen atoms in total. The van der Waals surface area contributed by atoms with Crippen LogP contribution in [0.15, 0.2) is 59.6 Å². The summed E-state index contributed by atoms with van der Waals surface area (Å²) in [4.78, 5) is 4.08. The van der Waals surface area contributed by atoms with E-state index in [1.165, 1.54) is 16.5 Å². The molecular weight excluding hydrogens is 280 g/mol. The molecule has 108 valence electrons. The predicted molar refractivity (Wildman–Crippen MR) is 87.6 cm³/mol. The number of aromatic nitrogens is 1. The van der Waals surface area contributed by atoms with E-state index in [-0.39, 0.29) is 0 Å². The van der Waals surface area contributed by atoms with Crippen LogP contribution in [0, 0.1) is 6.92 Å². The third-order valence-electron chi connectivity index (χ3n) is 3.54. The summed E-state index contributed by atoms with van der Waals surface area (Å²) in [5, 5.41) is 1.24. The lowest BCUT2D eigenvalue weighted by Gasteiger charge is -2.05. The Labute approximate surface area is 127 Å². The molecule has 0 saturated heterocycles. The van der Waals surface area contributed by atoms with Crippen LogP contribution in [0.2, 0.25) is 0 Å². The fourth-order valence-corrected chi connectivity index (χ4v) is 3.20. The van der Waals surface area contributed by atoms with Gasteiger partial charge >= 0.3 is 0 Å². The first kappa shape index (κ1) is 14.0. The lowest BCUT2D eigenvalue weighted by atomic mass is 10.1. The standard InChI is InChI=1S/C17H18N2OS/c1-13-6-8-15(9-7-13)21(20)19-11-10-14-12-18-17-5-3-2-4-16(14)17/h2-9,12,18-19H,10-11H2,1H3/t21-/m1/s1. The fourth-order valence-electron chi connectivity index (χ4n) is 2.36. The van der Waals surface area contributed by atoms with Gasteiger partial charge in [-0.2, -0.15) is 0 Å². The summed E-state index contributed by atoms with van der Waals surface area (Å²) in [6.07, 6.45) is 2.88. The van der Waals surface area contributed by atoms with Crippen molar-refractivity contribution in [3.05, 3.63) is 65.9 Å². The molecule has 2 aromatic carbocycles. The molecule has 1 heterocycles. The van der Waals surface area contributed by atoms with Gasteiger partial charge in [-0.1, -0.05) is 35.9 Å². The Morgan fingerprint density at radius 3 is 2.67 bits per heavy atom. The van der Waals surface area contributed by atoms with Gasteiger partial charge in [0, 0.05) is 23.6 Å². The molecule has 0 aliphatic heterocycles. The molecule has 0 unspecified atom stereocenters. The normalized spacial score (nSPS) is 12.6. The van der Waals surface area contributed by atoms with Gasteiger partial charge in [0.2, 0.25) is 0 Å². The van der Waals surface area contributed by atoms with Crippen molar-refractivity contribution >= 4 is 21.9 Å². The van der Waals surface area contributed by atoms with Gasteiger partial charge in [-0.05, 0) is 37.1 Å². The maximum Gasteiger partial charge on any atom is 0.124 e. The number of aromatic amines is 1. The molecule has 0 bridgehead atoms. The van der Waals surface area contributed by atoms with Gasteiger partial charge in [0.25, 0.3) is 0 Å². The highest BCUT2D eigenvalue weighted by molar-refractivity contribution is 7.83. The Hall–Kier alpha value is -1.91. The van der Waals surface area contributed by atoms with E-state index < -0.39 is 11.0 Å². The Kier molecular flexibility index (Phi) is 4.18. The highest BCUT2D eigenvalue weighted by Crippen LogP contribution is 2.17. The summed E-state index contributed by atoms with van der Waals surface area (Å²) in [6, 6.07) is 16.0. The Balaban J connectivity index is 1.61. The van der Waals surface area contributed by atoms with Crippen molar-refractivity contribution in [2.45, 2.75) is 18.2 Å². The van der Waals surface area contributed by atoms with Crippen LogP contribution in [0.25, 0.3) is 10.9 Å². The summed E-state index contributed by atoms with van der Waals surface area (Å²) in [7, 11) is -1.15. The third-order valence-corrected chi connectivity index (χ3v) is 4.70. The molecule has 0 saturated carbocycles. The van der Waals surface area contributed by atoms with Gasteiger partial charge in [0.1, 0.15) is 11.0 Å². The van der Waals surface area contributed by atoms with Crippen molar-refractivity contribution in [1.29, 1.82) is 0 Å². The largest absolute Gasteiger partial charge is 0.361 e. The average Bonchev–Trinajstić information content (AvgIpc) is 2.91. The first-order chi connectivity index (χ1) is 10.2. The Bertz CT molecular complexity index is 762. The van der Waals surface area contributed by atoms with Crippen molar-refractivity contribution in [2.75, 3.05) is 6.54 Å². The van der Waals surface area contributed by atoms with Gasteiger partial charge < -0.3 is 4.98 Å². The number of hydrogen-bond acceptors (Lipinski definition) is 1. The maximum absolute atomic E-state index is 12.1. The number of para-hydroxylation sites is 1. The SMILES string of the molecule is Cc1ccc([S@@](=O)NCCc2c[nH]c3ccccc23)cc1. The van der Waals surface area contributed by atoms with Gasteiger partial charge in [0.05, 0.1) is 4.90 Å². The zero-order valence-corrected chi connectivity index (χ0v) is 12.7. The first-order valence-electron chi connectivity index (χ1n) is 7.01. The number of rotatable bonds is 5. The van der Waals surface area contributed by atoms with E-state index in [1.807, 2.05) is 49.5 Å². The van der Waals surface area contributed by atoms with Gasteiger partial charge in [0.15, 0.2) is 0 Å². The van der Waals surface area contributed by atoms with E-state index in [0.717, 1.165) is 16.8 Å². The minimum absolute atomic E-state index is 0.683. The van der Waals surface area contributed by atoms with Crippen LogP contribution in [-0.2, 0) is 17.4 Å². The highest BCUT2D eigenvalue weighted by Gasteiger charge is 2.05. The van der Waals surface area contributed by atoms with Gasteiger partial charge in [-0.25, -0.2) is 8.93 Å². The number of H-pyrrole nitrogens is 1. The lowest BCUT2D eigenvalue weighted by molar-refractivity contribution is 0.671. The molecule has 2 N–H and O–H groups in total. The molecule has 0 aliphatic carbocycles. The van der Waals surface area contributed by atoms with Crippen LogP contribution in [0.5, 0.6) is 0 Å². The van der Waals surface area contributed by atoms with Crippen LogP contribution < -0.4 is 4.72 Å². The summed E-state index contributed by atoms with van der Waals surface area (Å²) in [6.45, 7) is 2.71. The quantitative estimate of drug-likeness (QED) is 0.745. The molecule has 3 aromatic rings. The summed E-state index contributed by atoms with van der Waals surface area (Å²) in [5.74, 6) is 0. The van der Waals surface area contributed by atoms with Crippen LogP contribution in [0.3, 0.4) is 0 Å². The molecule has 0 aliphatic rings. The van der Waals surface area contributed by atoms with E-state index >= 15 is 0 Å². The predicted octanol–water partition coefficient (Wildman–Crippen LogP) is 3.33. The molecule has 0 radical (unpaired) electrons. The number of fused-ring (bicyclic) bond motifs is 1. The molecule has 1 aromatic heterocycles. The Morgan fingerprint density at radius 1 is 1.10 bits per heavy atom. The maximum atomic E-state index is 12.1. The number of hydrogen-bond donors (Lipinski definition) is 2. The minimum atomic E-state index is -1.15. The summed E-state index contributed by atoms with van der Waals surface area (Å²) in [5.41, 5.74) is 3.57. The molecular formula is C17H18N2OS. The number of benzene rings is 2. The Morgan fingerprint density at radius 2 is 1.86 bits per heavy atom. The minimum Gasteiger partial charge on any atom is -0.361 e. The third kappa shape index (κ3) is 3.23. The average molecular weight is 298 g/mol. The highest BCUT2D eigenvalue weighted by atomic mass is 32.2. The second-order valence-corrected chi connectivity index (χ2v) is 6.38. The van der Waals surface area contributed by atoms with E-state index in [0.29, 0.717) is 6.54 Å². The van der Waals surface area contributed by atoms with Gasteiger partial charge in [-0.15, -0.1) is 0 Å². The molecule has 1 atom stereocenters. The second kappa shape index (κ2) is 6.24. The van der Waals surface area contributed by atoms with Crippen molar-refractivity contribution in [3.8, 4) is 0 Å². The van der Waals surface area contributed by atoms with Crippen molar-refractivity contribution in [2.24, 2.45) is 0 Å². The second-order valence-electron chi connectivity index (χ2n) is 5.09. The molecule has 4 heteroatoms. The monoisotopic (exact) mass is 298 g/mol. The van der Waals surface area contributed by atoms with Crippen molar-refractivity contribution < 1.29 is 4.21 Å².